The summed E-state index contributed by atoms with van der Waals surface area (Å²) in [5, 5.41) is 20.2. The SMILES string of the molecule is N#C[C@H](c1cscn1)[C@@H](CCO)c1cc(F)ccc1F. The van der Waals surface area contributed by atoms with Crippen LogP contribution in [0, 0.1) is 23.0 Å². The molecule has 104 valence electrons. The number of aliphatic hydroxyl groups excluding tert-OH is 1. The van der Waals surface area contributed by atoms with Crippen molar-refractivity contribution in [2.75, 3.05) is 6.61 Å². The first-order valence-electron chi connectivity index (χ1n) is 6.01. The molecule has 1 N–H and O–H groups in total. The average Bonchev–Trinajstić information content (AvgIpc) is 2.95. The molecular weight excluding hydrogens is 282 g/mol. The highest BCUT2D eigenvalue weighted by molar-refractivity contribution is 7.07. The molecule has 0 aliphatic heterocycles. The molecule has 0 bridgehead atoms. The molecule has 3 nitrogen and oxygen atoms in total. The van der Waals surface area contributed by atoms with E-state index >= 15 is 0 Å². The van der Waals surface area contributed by atoms with E-state index in [4.69, 9.17) is 5.11 Å². The predicted octanol–water partition coefficient (Wildman–Crippen LogP) is 3.19. The molecule has 0 fully saturated rings. The van der Waals surface area contributed by atoms with Crippen molar-refractivity contribution in [2.45, 2.75) is 18.3 Å². The number of halogens is 2. The minimum Gasteiger partial charge on any atom is -0.396 e. The van der Waals surface area contributed by atoms with Crippen LogP contribution >= 0.6 is 11.3 Å². The molecule has 0 saturated heterocycles. The van der Waals surface area contributed by atoms with Gasteiger partial charge >= 0.3 is 0 Å². The zero-order valence-corrected chi connectivity index (χ0v) is 11.3. The van der Waals surface area contributed by atoms with E-state index in [-0.39, 0.29) is 18.6 Å². The molecule has 0 aliphatic rings. The number of aliphatic hydroxyl groups is 1. The summed E-state index contributed by atoms with van der Waals surface area (Å²) < 4.78 is 27.2. The van der Waals surface area contributed by atoms with Crippen molar-refractivity contribution < 1.29 is 13.9 Å². The van der Waals surface area contributed by atoms with Gasteiger partial charge in [-0.3, -0.25) is 0 Å². The number of hydrogen-bond donors (Lipinski definition) is 1. The van der Waals surface area contributed by atoms with Gasteiger partial charge in [0.15, 0.2) is 0 Å². The minimum absolute atomic E-state index is 0.0959. The van der Waals surface area contributed by atoms with Gasteiger partial charge in [-0.05, 0) is 30.2 Å². The van der Waals surface area contributed by atoms with E-state index in [2.05, 4.69) is 11.1 Å². The number of thiazole rings is 1. The van der Waals surface area contributed by atoms with Gasteiger partial charge in [-0.1, -0.05) is 0 Å². The Hall–Kier alpha value is -1.84. The Bertz CT molecular complexity index is 610. The molecule has 0 spiro atoms. The monoisotopic (exact) mass is 294 g/mol. The maximum absolute atomic E-state index is 13.9. The minimum atomic E-state index is -0.718. The van der Waals surface area contributed by atoms with Crippen LogP contribution in [0.2, 0.25) is 0 Å². The van der Waals surface area contributed by atoms with E-state index in [0.29, 0.717) is 5.69 Å². The highest BCUT2D eigenvalue weighted by Gasteiger charge is 2.28. The Morgan fingerprint density at radius 3 is 2.80 bits per heavy atom. The average molecular weight is 294 g/mol. The molecule has 0 radical (unpaired) electrons. The summed E-state index contributed by atoms with van der Waals surface area (Å²) in [5.41, 5.74) is 2.19. The lowest BCUT2D eigenvalue weighted by atomic mass is 9.82. The second-order valence-electron chi connectivity index (χ2n) is 4.30. The van der Waals surface area contributed by atoms with E-state index < -0.39 is 23.5 Å². The highest BCUT2D eigenvalue weighted by atomic mass is 32.1. The Morgan fingerprint density at radius 1 is 1.40 bits per heavy atom. The molecule has 1 aromatic carbocycles. The van der Waals surface area contributed by atoms with Gasteiger partial charge in [0.05, 0.1) is 23.2 Å². The number of aromatic nitrogens is 1. The number of benzene rings is 1. The summed E-state index contributed by atoms with van der Waals surface area (Å²) >= 11 is 1.33. The summed E-state index contributed by atoms with van der Waals surface area (Å²) in [6.07, 6.45) is 0.163. The maximum atomic E-state index is 13.9. The van der Waals surface area contributed by atoms with Crippen LogP contribution in [0.5, 0.6) is 0 Å². The lowest BCUT2D eigenvalue weighted by Crippen LogP contribution is -2.14. The Balaban J connectivity index is 2.45. The Labute approximate surface area is 119 Å². The maximum Gasteiger partial charge on any atom is 0.126 e. The predicted molar refractivity (Wildman–Crippen MR) is 71.3 cm³/mol. The highest BCUT2D eigenvalue weighted by Crippen LogP contribution is 2.36. The molecule has 0 amide bonds. The molecular formula is C14H12F2N2OS. The van der Waals surface area contributed by atoms with Gasteiger partial charge in [-0.2, -0.15) is 5.26 Å². The summed E-state index contributed by atoms with van der Waals surface area (Å²) in [6.45, 7) is -0.219. The van der Waals surface area contributed by atoms with E-state index in [1.165, 1.54) is 11.3 Å². The number of hydrogen-bond acceptors (Lipinski definition) is 4. The smallest absolute Gasteiger partial charge is 0.126 e. The van der Waals surface area contributed by atoms with Crippen molar-refractivity contribution in [2.24, 2.45) is 0 Å². The summed E-state index contributed by atoms with van der Waals surface area (Å²) in [4.78, 5) is 4.07. The third kappa shape index (κ3) is 3.00. The zero-order valence-electron chi connectivity index (χ0n) is 10.5. The molecule has 6 heteroatoms. The molecule has 2 aromatic rings. The number of nitrogens with zero attached hydrogens (tertiary/aromatic N) is 2. The second-order valence-corrected chi connectivity index (χ2v) is 5.02. The van der Waals surface area contributed by atoms with Gasteiger partial charge in [0.25, 0.3) is 0 Å². The van der Waals surface area contributed by atoms with Gasteiger partial charge < -0.3 is 5.11 Å². The van der Waals surface area contributed by atoms with Crippen LogP contribution < -0.4 is 0 Å². The van der Waals surface area contributed by atoms with Crippen LogP contribution in [0.4, 0.5) is 8.78 Å². The quantitative estimate of drug-likeness (QED) is 0.921. The third-order valence-corrected chi connectivity index (χ3v) is 3.71. The molecule has 1 heterocycles. The fourth-order valence-corrected chi connectivity index (χ4v) is 2.77. The van der Waals surface area contributed by atoms with Crippen molar-refractivity contribution >= 4 is 11.3 Å². The topological polar surface area (TPSA) is 56.9 Å². The van der Waals surface area contributed by atoms with Gasteiger partial charge in [0, 0.05) is 17.9 Å². The van der Waals surface area contributed by atoms with Crippen molar-refractivity contribution in [1.82, 2.24) is 4.98 Å². The van der Waals surface area contributed by atoms with Crippen molar-refractivity contribution in [1.29, 1.82) is 5.26 Å². The van der Waals surface area contributed by atoms with Crippen LogP contribution in [0.3, 0.4) is 0 Å². The first-order chi connectivity index (χ1) is 9.67. The van der Waals surface area contributed by atoms with E-state index in [0.717, 1.165) is 18.2 Å². The Kier molecular flexibility index (Phi) is 4.77. The van der Waals surface area contributed by atoms with Gasteiger partial charge in [0.1, 0.15) is 11.6 Å². The lowest BCUT2D eigenvalue weighted by molar-refractivity contribution is 0.270. The van der Waals surface area contributed by atoms with E-state index in [1.54, 1.807) is 10.9 Å². The van der Waals surface area contributed by atoms with Crippen LogP contribution in [0.15, 0.2) is 29.1 Å². The molecule has 0 aliphatic carbocycles. The van der Waals surface area contributed by atoms with E-state index in [9.17, 15) is 14.0 Å². The van der Waals surface area contributed by atoms with Gasteiger partial charge in [-0.25, -0.2) is 13.8 Å². The molecule has 0 unspecified atom stereocenters. The van der Waals surface area contributed by atoms with Crippen molar-refractivity contribution in [3.05, 3.63) is 52.0 Å². The summed E-state index contributed by atoms with van der Waals surface area (Å²) in [7, 11) is 0. The summed E-state index contributed by atoms with van der Waals surface area (Å²) in [6, 6.07) is 5.21. The van der Waals surface area contributed by atoms with E-state index in [1.807, 2.05) is 0 Å². The lowest BCUT2D eigenvalue weighted by Gasteiger charge is -2.21. The largest absolute Gasteiger partial charge is 0.396 e. The standard InChI is InChI=1S/C14H12F2N2OS/c15-9-1-2-13(16)11(5-9)10(3-4-19)12(6-17)14-7-20-8-18-14/h1-2,5,7-8,10,12,19H,3-4H2/t10-,12-/m0/s1. The molecule has 0 saturated carbocycles. The first-order valence-corrected chi connectivity index (χ1v) is 6.95. The number of rotatable bonds is 5. The van der Waals surface area contributed by atoms with Crippen LogP contribution in [0.25, 0.3) is 0 Å². The fraction of sp³-hybridized carbons (Fsp3) is 0.286. The van der Waals surface area contributed by atoms with Gasteiger partial charge in [-0.15, -0.1) is 11.3 Å². The molecule has 2 atom stereocenters. The van der Waals surface area contributed by atoms with Crippen LogP contribution in [0.1, 0.15) is 29.5 Å². The zero-order chi connectivity index (χ0) is 14.5. The van der Waals surface area contributed by atoms with Crippen LogP contribution in [-0.4, -0.2) is 16.7 Å². The van der Waals surface area contributed by atoms with Gasteiger partial charge in [0.2, 0.25) is 0 Å². The third-order valence-electron chi connectivity index (χ3n) is 3.11. The molecule has 2 rings (SSSR count). The fourth-order valence-electron chi connectivity index (χ4n) is 2.18. The van der Waals surface area contributed by atoms with Crippen molar-refractivity contribution in [3.8, 4) is 6.07 Å². The first kappa shape index (κ1) is 14.6. The molecule has 20 heavy (non-hydrogen) atoms. The Morgan fingerprint density at radius 2 is 2.20 bits per heavy atom. The number of nitriles is 1. The molecule has 1 aromatic heterocycles. The van der Waals surface area contributed by atoms with Crippen LogP contribution in [-0.2, 0) is 0 Å². The van der Waals surface area contributed by atoms with Crippen molar-refractivity contribution in [3.63, 3.8) is 0 Å². The normalized spacial score (nSPS) is 13.7. The summed E-state index contributed by atoms with van der Waals surface area (Å²) in [5.74, 6) is -2.51. The second kappa shape index (κ2) is 6.55.